The fourth-order valence-corrected chi connectivity index (χ4v) is 3.68. The molecule has 0 saturated heterocycles. The molecule has 2 aliphatic rings. The lowest BCUT2D eigenvalue weighted by molar-refractivity contribution is -0.122. The number of fused-ring (bicyclic) bond motifs is 1. The Bertz CT molecular complexity index is 458. The minimum Gasteiger partial charge on any atom is -0.353 e. The molecule has 3 atom stereocenters. The van der Waals surface area contributed by atoms with Gasteiger partial charge in [0.25, 0.3) is 0 Å². The molecular formula is C13H21N5O. The van der Waals surface area contributed by atoms with Crippen LogP contribution in [0.5, 0.6) is 0 Å². The summed E-state index contributed by atoms with van der Waals surface area (Å²) in [4.78, 5) is 12.0. The van der Waals surface area contributed by atoms with Gasteiger partial charge < -0.3 is 5.32 Å². The average Bonchev–Trinajstić information content (AvgIpc) is 3.06. The van der Waals surface area contributed by atoms with Crippen LogP contribution in [0.1, 0.15) is 44.3 Å². The topological polar surface area (TPSA) is 72.7 Å². The fraction of sp³-hybridized carbons (Fsp3) is 0.846. The Hall–Kier alpha value is -1.46. The van der Waals surface area contributed by atoms with Gasteiger partial charge in [-0.25, -0.2) is 4.68 Å². The van der Waals surface area contributed by atoms with Crippen LogP contribution >= 0.6 is 0 Å². The van der Waals surface area contributed by atoms with Crippen LogP contribution in [0, 0.1) is 18.8 Å². The molecule has 1 aromatic rings. The van der Waals surface area contributed by atoms with Crippen molar-refractivity contribution < 1.29 is 4.79 Å². The predicted molar refractivity (Wildman–Crippen MR) is 69.2 cm³/mol. The van der Waals surface area contributed by atoms with Crippen LogP contribution in [0.25, 0.3) is 0 Å². The van der Waals surface area contributed by atoms with Crippen LogP contribution in [-0.4, -0.2) is 32.2 Å². The second-order valence-corrected chi connectivity index (χ2v) is 5.81. The third-order valence-corrected chi connectivity index (χ3v) is 4.69. The van der Waals surface area contributed by atoms with E-state index in [0.717, 1.165) is 24.1 Å². The maximum absolute atomic E-state index is 12.0. The Morgan fingerprint density at radius 2 is 2.26 bits per heavy atom. The summed E-state index contributed by atoms with van der Waals surface area (Å²) < 4.78 is 1.67. The van der Waals surface area contributed by atoms with Gasteiger partial charge in [-0.1, -0.05) is 12.8 Å². The SMILES string of the molecule is Cc1nnnn1CCC(=O)N[C@@H]1CC[C@H]2CCC[C@H]21. The minimum absolute atomic E-state index is 0.132. The Morgan fingerprint density at radius 3 is 3.05 bits per heavy atom. The smallest absolute Gasteiger partial charge is 0.222 e. The van der Waals surface area contributed by atoms with Crippen molar-refractivity contribution in [3.63, 3.8) is 0 Å². The summed E-state index contributed by atoms with van der Waals surface area (Å²) in [6.45, 7) is 2.41. The van der Waals surface area contributed by atoms with Crippen molar-refractivity contribution in [2.75, 3.05) is 0 Å². The van der Waals surface area contributed by atoms with Crippen LogP contribution in [0.2, 0.25) is 0 Å². The van der Waals surface area contributed by atoms with E-state index in [1.54, 1.807) is 4.68 Å². The molecule has 2 aliphatic carbocycles. The maximum Gasteiger partial charge on any atom is 0.222 e. The molecule has 6 nitrogen and oxygen atoms in total. The van der Waals surface area contributed by atoms with Gasteiger partial charge in [0.1, 0.15) is 5.82 Å². The van der Waals surface area contributed by atoms with Gasteiger partial charge in [-0.15, -0.1) is 5.10 Å². The number of carbonyl (C=O) groups is 1. The van der Waals surface area contributed by atoms with Crippen LogP contribution < -0.4 is 5.32 Å². The Morgan fingerprint density at radius 1 is 1.37 bits per heavy atom. The predicted octanol–water partition coefficient (Wildman–Crippen LogP) is 1.07. The summed E-state index contributed by atoms with van der Waals surface area (Å²) in [6, 6.07) is 0.412. The molecule has 19 heavy (non-hydrogen) atoms. The van der Waals surface area contributed by atoms with Gasteiger partial charge in [0, 0.05) is 12.5 Å². The van der Waals surface area contributed by atoms with Crippen LogP contribution in [0.3, 0.4) is 0 Å². The minimum atomic E-state index is 0.132. The molecule has 1 N–H and O–H groups in total. The second-order valence-electron chi connectivity index (χ2n) is 5.81. The zero-order valence-electron chi connectivity index (χ0n) is 11.4. The maximum atomic E-state index is 12.0. The quantitative estimate of drug-likeness (QED) is 0.881. The first-order valence-electron chi connectivity index (χ1n) is 7.26. The Kier molecular flexibility index (Phi) is 3.48. The molecule has 0 unspecified atom stereocenters. The average molecular weight is 263 g/mol. The zero-order chi connectivity index (χ0) is 13.2. The first-order valence-corrected chi connectivity index (χ1v) is 7.26. The lowest BCUT2D eigenvalue weighted by Gasteiger charge is -2.20. The van der Waals surface area contributed by atoms with Gasteiger partial charge in [0.15, 0.2) is 0 Å². The van der Waals surface area contributed by atoms with Crippen molar-refractivity contribution in [3.8, 4) is 0 Å². The van der Waals surface area contributed by atoms with E-state index in [-0.39, 0.29) is 5.91 Å². The van der Waals surface area contributed by atoms with E-state index in [4.69, 9.17) is 0 Å². The van der Waals surface area contributed by atoms with Crippen molar-refractivity contribution in [1.82, 2.24) is 25.5 Å². The summed E-state index contributed by atoms with van der Waals surface area (Å²) in [5.74, 6) is 2.49. The normalized spacial score (nSPS) is 29.4. The third kappa shape index (κ3) is 2.62. The van der Waals surface area contributed by atoms with Crippen molar-refractivity contribution in [1.29, 1.82) is 0 Å². The van der Waals surface area contributed by atoms with Crippen molar-refractivity contribution >= 4 is 5.91 Å². The number of hydrogen-bond acceptors (Lipinski definition) is 4. The highest BCUT2D eigenvalue weighted by Gasteiger charge is 2.39. The number of aryl methyl sites for hydroxylation is 2. The van der Waals surface area contributed by atoms with E-state index in [0.29, 0.717) is 19.0 Å². The molecule has 0 radical (unpaired) electrons. The van der Waals surface area contributed by atoms with Crippen LogP contribution in [0.15, 0.2) is 0 Å². The molecule has 2 saturated carbocycles. The molecule has 1 heterocycles. The molecule has 0 bridgehead atoms. The molecular weight excluding hydrogens is 242 g/mol. The third-order valence-electron chi connectivity index (χ3n) is 4.69. The van der Waals surface area contributed by atoms with Crippen LogP contribution in [-0.2, 0) is 11.3 Å². The Balaban J connectivity index is 1.48. The molecule has 3 rings (SSSR count). The number of tetrazole rings is 1. The molecule has 0 aliphatic heterocycles. The molecule has 104 valence electrons. The lowest BCUT2D eigenvalue weighted by Crippen LogP contribution is -2.38. The highest BCUT2D eigenvalue weighted by Crippen LogP contribution is 2.43. The summed E-state index contributed by atoms with van der Waals surface area (Å²) >= 11 is 0. The Labute approximate surface area is 112 Å². The van der Waals surface area contributed by atoms with Gasteiger partial charge in [0.2, 0.25) is 5.91 Å². The number of amides is 1. The highest BCUT2D eigenvalue weighted by atomic mass is 16.1. The van der Waals surface area contributed by atoms with Crippen LogP contribution in [0.4, 0.5) is 0 Å². The molecule has 0 aromatic carbocycles. The number of hydrogen-bond donors (Lipinski definition) is 1. The van der Waals surface area contributed by atoms with E-state index < -0.39 is 0 Å². The molecule has 2 fully saturated rings. The zero-order valence-corrected chi connectivity index (χ0v) is 11.4. The first kappa shape index (κ1) is 12.6. The number of carbonyl (C=O) groups excluding carboxylic acids is 1. The number of nitrogens with one attached hydrogen (secondary N) is 1. The van der Waals surface area contributed by atoms with Gasteiger partial charge in [0.05, 0.1) is 6.54 Å². The largest absolute Gasteiger partial charge is 0.353 e. The van der Waals surface area contributed by atoms with Crippen molar-refractivity contribution in [3.05, 3.63) is 5.82 Å². The number of nitrogens with zero attached hydrogens (tertiary/aromatic N) is 4. The molecule has 0 spiro atoms. The number of aromatic nitrogens is 4. The summed E-state index contributed by atoms with van der Waals surface area (Å²) in [7, 11) is 0. The van der Waals surface area contributed by atoms with E-state index in [1.165, 1.54) is 25.7 Å². The highest BCUT2D eigenvalue weighted by molar-refractivity contribution is 5.76. The standard InChI is InChI=1S/C13H21N5O/c1-9-15-16-17-18(9)8-7-13(19)14-12-6-5-10-3-2-4-11(10)12/h10-12H,2-8H2,1H3,(H,14,19)/t10-,11-,12-/m1/s1. The summed E-state index contributed by atoms with van der Waals surface area (Å²) in [5.41, 5.74) is 0. The fourth-order valence-electron chi connectivity index (χ4n) is 3.68. The van der Waals surface area contributed by atoms with Gasteiger partial charge in [-0.3, -0.25) is 4.79 Å². The van der Waals surface area contributed by atoms with Gasteiger partial charge >= 0.3 is 0 Å². The van der Waals surface area contributed by atoms with Crippen molar-refractivity contribution in [2.45, 2.75) is 58.0 Å². The van der Waals surface area contributed by atoms with Gasteiger partial charge in [-0.2, -0.15) is 0 Å². The monoisotopic (exact) mass is 263 g/mol. The van der Waals surface area contributed by atoms with E-state index in [1.807, 2.05) is 6.92 Å². The van der Waals surface area contributed by atoms with Gasteiger partial charge in [-0.05, 0) is 48.4 Å². The van der Waals surface area contributed by atoms with E-state index in [9.17, 15) is 4.79 Å². The molecule has 1 amide bonds. The first-order chi connectivity index (χ1) is 9.24. The van der Waals surface area contributed by atoms with E-state index in [2.05, 4.69) is 20.8 Å². The van der Waals surface area contributed by atoms with Crippen molar-refractivity contribution in [2.24, 2.45) is 11.8 Å². The summed E-state index contributed by atoms with van der Waals surface area (Å²) in [5, 5.41) is 14.4. The lowest BCUT2D eigenvalue weighted by atomic mass is 9.97. The summed E-state index contributed by atoms with van der Waals surface area (Å²) in [6.07, 6.45) is 6.90. The van der Waals surface area contributed by atoms with E-state index >= 15 is 0 Å². The number of rotatable bonds is 4. The molecule has 6 heteroatoms. The second kappa shape index (κ2) is 5.27. The molecule has 1 aromatic heterocycles.